The predicted octanol–water partition coefficient (Wildman–Crippen LogP) is 2.08. The molecule has 3 rings (SSSR count). The maximum Gasteiger partial charge on any atom is 0.360 e. The van der Waals surface area contributed by atoms with Crippen molar-refractivity contribution in [2.24, 2.45) is 5.92 Å². The Labute approximate surface area is 139 Å². The van der Waals surface area contributed by atoms with Crippen LogP contribution in [0.4, 0.5) is 11.4 Å². The number of nitrogens with one attached hydrogen (secondary N) is 2. The fourth-order valence-electron chi connectivity index (χ4n) is 2.61. The van der Waals surface area contributed by atoms with Crippen LogP contribution in [0, 0.1) is 5.92 Å². The minimum atomic E-state index is -1.75. The van der Waals surface area contributed by atoms with E-state index in [1.807, 2.05) is 0 Å². The van der Waals surface area contributed by atoms with E-state index in [9.17, 15) is 14.4 Å². The molecular weight excluding hydrogens is 312 g/mol. The number of ether oxygens (including phenoxy) is 2. The molecule has 1 unspecified atom stereocenters. The van der Waals surface area contributed by atoms with Crippen LogP contribution in [-0.4, -0.2) is 30.0 Å². The number of carbonyl (C=O) groups excluding carboxylic acids is 3. The molecule has 24 heavy (non-hydrogen) atoms. The van der Waals surface area contributed by atoms with Crippen molar-refractivity contribution in [1.82, 2.24) is 0 Å². The second kappa shape index (κ2) is 6.14. The third kappa shape index (κ3) is 2.81. The van der Waals surface area contributed by atoms with Gasteiger partial charge in [0.15, 0.2) is 0 Å². The number of hydrogen-bond acceptors (Lipinski definition) is 5. The monoisotopic (exact) mass is 332 g/mol. The van der Waals surface area contributed by atoms with Gasteiger partial charge in [-0.1, -0.05) is 6.42 Å². The molecule has 0 spiro atoms. The lowest BCUT2D eigenvalue weighted by Gasteiger charge is -2.32. The fraction of sp³-hybridized carbons (Fsp3) is 0.471. The van der Waals surface area contributed by atoms with Crippen molar-refractivity contribution in [1.29, 1.82) is 0 Å². The number of hydrogen-bond donors (Lipinski definition) is 2. The molecule has 1 aromatic rings. The van der Waals surface area contributed by atoms with Gasteiger partial charge in [0.1, 0.15) is 5.75 Å². The van der Waals surface area contributed by atoms with E-state index in [-0.39, 0.29) is 18.4 Å². The summed E-state index contributed by atoms with van der Waals surface area (Å²) >= 11 is 0. The average molecular weight is 332 g/mol. The lowest BCUT2D eigenvalue weighted by Crippen LogP contribution is -2.55. The number of esters is 1. The Morgan fingerprint density at radius 2 is 2.17 bits per heavy atom. The van der Waals surface area contributed by atoms with E-state index in [0.29, 0.717) is 17.1 Å². The van der Waals surface area contributed by atoms with Gasteiger partial charge in [0.2, 0.25) is 5.91 Å². The van der Waals surface area contributed by atoms with Gasteiger partial charge in [-0.2, -0.15) is 0 Å². The van der Waals surface area contributed by atoms with Crippen molar-refractivity contribution in [2.75, 3.05) is 17.2 Å². The van der Waals surface area contributed by atoms with E-state index >= 15 is 0 Å². The first-order valence-corrected chi connectivity index (χ1v) is 8.06. The van der Waals surface area contributed by atoms with Crippen molar-refractivity contribution in [3.8, 4) is 5.75 Å². The zero-order valence-electron chi connectivity index (χ0n) is 13.7. The van der Waals surface area contributed by atoms with E-state index in [0.717, 1.165) is 19.3 Å². The van der Waals surface area contributed by atoms with Crippen molar-refractivity contribution in [3.63, 3.8) is 0 Å². The molecule has 1 fully saturated rings. The highest BCUT2D eigenvalue weighted by molar-refractivity contribution is 6.14. The molecule has 128 valence electrons. The quantitative estimate of drug-likeness (QED) is 0.650. The number of amides is 2. The minimum Gasteiger partial charge on any atom is -0.464 e. The Hall–Kier alpha value is -2.57. The minimum absolute atomic E-state index is 0.0193. The average Bonchev–Trinajstić information content (AvgIpc) is 2.47. The molecule has 2 amide bonds. The summed E-state index contributed by atoms with van der Waals surface area (Å²) in [5.74, 6) is -0.978. The van der Waals surface area contributed by atoms with Crippen molar-refractivity contribution >= 4 is 29.2 Å². The normalized spacial score (nSPS) is 22.5. The zero-order chi connectivity index (χ0) is 17.3. The van der Waals surface area contributed by atoms with Gasteiger partial charge in [-0.05, 0) is 38.8 Å². The molecule has 7 nitrogen and oxygen atoms in total. The summed E-state index contributed by atoms with van der Waals surface area (Å²) < 4.78 is 10.6. The van der Waals surface area contributed by atoms with E-state index in [1.54, 1.807) is 25.1 Å². The first kappa shape index (κ1) is 16.3. The summed E-state index contributed by atoms with van der Waals surface area (Å²) in [6.45, 7) is 3.17. The van der Waals surface area contributed by atoms with Crippen LogP contribution in [0.5, 0.6) is 5.75 Å². The van der Waals surface area contributed by atoms with E-state index < -0.39 is 17.5 Å². The molecule has 0 bridgehead atoms. The van der Waals surface area contributed by atoms with E-state index in [1.165, 1.54) is 6.92 Å². The van der Waals surface area contributed by atoms with Gasteiger partial charge < -0.3 is 20.1 Å². The molecule has 1 atom stereocenters. The van der Waals surface area contributed by atoms with Crippen LogP contribution in [0.1, 0.15) is 33.1 Å². The van der Waals surface area contributed by atoms with Crippen molar-refractivity contribution in [3.05, 3.63) is 18.2 Å². The SMILES string of the molecule is CCOC(=O)C1(C)Oc2cc(NC(=O)C3CCC3)ccc2NC1=O. The molecular formula is C17H20N2O5. The number of fused-ring (bicyclic) bond motifs is 1. The first-order valence-electron chi connectivity index (χ1n) is 8.06. The van der Waals surface area contributed by atoms with Gasteiger partial charge in [-0.25, -0.2) is 4.79 Å². The Kier molecular flexibility index (Phi) is 4.17. The summed E-state index contributed by atoms with van der Waals surface area (Å²) in [7, 11) is 0. The molecule has 1 heterocycles. The van der Waals surface area contributed by atoms with Gasteiger partial charge in [0.05, 0.1) is 12.3 Å². The molecule has 1 aromatic carbocycles. The number of anilines is 2. The summed E-state index contributed by atoms with van der Waals surface area (Å²) in [6, 6.07) is 4.92. The smallest absolute Gasteiger partial charge is 0.360 e. The topological polar surface area (TPSA) is 93.7 Å². The lowest BCUT2D eigenvalue weighted by atomic mass is 9.85. The van der Waals surface area contributed by atoms with Crippen LogP contribution >= 0.6 is 0 Å². The van der Waals surface area contributed by atoms with Gasteiger partial charge in [-0.15, -0.1) is 0 Å². The molecule has 0 radical (unpaired) electrons. The van der Waals surface area contributed by atoms with Crippen LogP contribution in [-0.2, 0) is 19.1 Å². The Morgan fingerprint density at radius 3 is 2.79 bits per heavy atom. The molecule has 7 heteroatoms. The van der Waals surface area contributed by atoms with E-state index in [2.05, 4.69) is 10.6 Å². The molecule has 1 aliphatic heterocycles. The standard InChI is InChI=1S/C17H20N2O5/c1-3-23-16(22)17(2)15(21)19-12-8-7-11(9-13(12)24-17)18-14(20)10-5-4-6-10/h7-10H,3-6H2,1-2H3,(H,18,20)(H,19,21). The molecule has 1 aliphatic carbocycles. The Balaban J connectivity index is 1.80. The van der Waals surface area contributed by atoms with Gasteiger partial charge >= 0.3 is 5.97 Å². The second-order valence-corrected chi connectivity index (χ2v) is 6.14. The predicted molar refractivity (Wildman–Crippen MR) is 86.7 cm³/mol. The van der Waals surface area contributed by atoms with Gasteiger partial charge in [0.25, 0.3) is 11.5 Å². The number of benzene rings is 1. The first-order chi connectivity index (χ1) is 11.4. The molecule has 0 saturated heterocycles. The summed E-state index contributed by atoms with van der Waals surface area (Å²) in [4.78, 5) is 36.3. The Bertz CT molecular complexity index is 698. The number of carbonyl (C=O) groups is 3. The highest BCUT2D eigenvalue weighted by atomic mass is 16.6. The summed E-state index contributed by atoms with van der Waals surface area (Å²) in [6.07, 6.45) is 2.89. The fourth-order valence-corrected chi connectivity index (χ4v) is 2.61. The van der Waals surface area contributed by atoms with Gasteiger partial charge in [0, 0.05) is 17.7 Å². The highest BCUT2D eigenvalue weighted by Crippen LogP contribution is 2.37. The van der Waals surface area contributed by atoms with Crippen LogP contribution in [0.2, 0.25) is 0 Å². The van der Waals surface area contributed by atoms with Crippen LogP contribution in [0.3, 0.4) is 0 Å². The van der Waals surface area contributed by atoms with Crippen molar-refractivity contribution in [2.45, 2.75) is 38.7 Å². The second-order valence-electron chi connectivity index (χ2n) is 6.14. The van der Waals surface area contributed by atoms with Crippen LogP contribution in [0.15, 0.2) is 18.2 Å². The van der Waals surface area contributed by atoms with E-state index in [4.69, 9.17) is 9.47 Å². The summed E-state index contributed by atoms with van der Waals surface area (Å²) in [5.41, 5.74) is -0.740. The molecule has 0 aromatic heterocycles. The van der Waals surface area contributed by atoms with Crippen LogP contribution < -0.4 is 15.4 Å². The van der Waals surface area contributed by atoms with Crippen LogP contribution in [0.25, 0.3) is 0 Å². The third-order valence-electron chi connectivity index (χ3n) is 4.39. The largest absolute Gasteiger partial charge is 0.464 e. The molecule has 2 aliphatic rings. The third-order valence-corrected chi connectivity index (χ3v) is 4.39. The zero-order valence-corrected chi connectivity index (χ0v) is 13.7. The molecule has 2 N–H and O–H groups in total. The maximum absolute atomic E-state index is 12.2. The molecule has 1 saturated carbocycles. The summed E-state index contributed by atoms with van der Waals surface area (Å²) in [5, 5.41) is 5.48. The van der Waals surface area contributed by atoms with Gasteiger partial charge in [-0.3, -0.25) is 9.59 Å². The Morgan fingerprint density at radius 1 is 1.42 bits per heavy atom. The maximum atomic E-state index is 12.2. The van der Waals surface area contributed by atoms with Crippen molar-refractivity contribution < 1.29 is 23.9 Å². The lowest BCUT2D eigenvalue weighted by molar-refractivity contribution is -0.165. The number of rotatable bonds is 4. The highest BCUT2D eigenvalue weighted by Gasteiger charge is 2.48.